The maximum absolute atomic E-state index is 11.2. The Balaban J connectivity index is 3.26. The minimum Gasteiger partial charge on any atom is -0.481 e. The van der Waals surface area contributed by atoms with E-state index in [9.17, 15) is 9.59 Å². The van der Waals surface area contributed by atoms with E-state index in [4.69, 9.17) is 10.8 Å². The molecule has 0 fully saturated rings. The van der Waals surface area contributed by atoms with Crippen molar-refractivity contribution in [2.24, 2.45) is 11.7 Å². The van der Waals surface area contributed by atoms with Crippen LogP contribution < -0.4 is 5.73 Å². The Morgan fingerprint density at radius 1 is 0.692 bits per heavy atom. The molecular formula is C22H43NO3. The lowest BCUT2D eigenvalue weighted by Crippen LogP contribution is -2.25. The van der Waals surface area contributed by atoms with Crippen molar-refractivity contribution in [2.45, 2.75) is 122 Å². The number of amides is 1. The molecule has 0 aromatic heterocycles. The van der Waals surface area contributed by atoms with Crippen LogP contribution in [0.2, 0.25) is 0 Å². The van der Waals surface area contributed by atoms with Crippen molar-refractivity contribution in [3.63, 3.8) is 0 Å². The lowest BCUT2D eigenvalue weighted by Gasteiger charge is -2.10. The van der Waals surface area contributed by atoms with Gasteiger partial charge in [-0.25, -0.2) is 0 Å². The van der Waals surface area contributed by atoms with Crippen LogP contribution in [0.25, 0.3) is 0 Å². The van der Waals surface area contributed by atoms with Crippen LogP contribution in [0.1, 0.15) is 122 Å². The molecule has 0 saturated heterocycles. The van der Waals surface area contributed by atoms with Crippen molar-refractivity contribution in [1.29, 1.82) is 0 Å². The number of primary amides is 1. The van der Waals surface area contributed by atoms with Gasteiger partial charge in [0.2, 0.25) is 5.91 Å². The largest absolute Gasteiger partial charge is 0.481 e. The lowest BCUT2D eigenvalue weighted by molar-refractivity contribution is -0.140. The maximum atomic E-state index is 11.2. The van der Waals surface area contributed by atoms with Crippen LogP contribution in [0.15, 0.2) is 0 Å². The number of carboxylic acids is 1. The van der Waals surface area contributed by atoms with Crippen LogP contribution >= 0.6 is 0 Å². The normalized spacial score (nSPS) is 12.2. The minimum absolute atomic E-state index is 0.131. The van der Waals surface area contributed by atoms with E-state index in [0.29, 0.717) is 6.42 Å². The van der Waals surface area contributed by atoms with Gasteiger partial charge >= 0.3 is 5.97 Å². The molecule has 0 aliphatic heterocycles. The summed E-state index contributed by atoms with van der Waals surface area (Å²) < 4.78 is 0. The van der Waals surface area contributed by atoms with E-state index < -0.39 is 17.8 Å². The molecule has 0 aromatic carbocycles. The average molecular weight is 370 g/mol. The average Bonchev–Trinajstić information content (AvgIpc) is 2.59. The number of carbonyl (C=O) groups excluding carboxylic acids is 1. The summed E-state index contributed by atoms with van der Waals surface area (Å²) in [6.45, 7) is 2.27. The minimum atomic E-state index is -0.940. The quantitative estimate of drug-likeness (QED) is 0.250. The number of hydrogen-bond acceptors (Lipinski definition) is 2. The molecule has 0 rings (SSSR count). The molecule has 154 valence electrons. The first kappa shape index (κ1) is 24.9. The Kier molecular flexibility index (Phi) is 18.0. The van der Waals surface area contributed by atoms with Gasteiger partial charge in [0.15, 0.2) is 0 Å². The third-order valence-corrected chi connectivity index (χ3v) is 5.23. The monoisotopic (exact) mass is 369 g/mol. The van der Waals surface area contributed by atoms with Crippen LogP contribution in [0.4, 0.5) is 0 Å². The summed E-state index contributed by atoms with van der Waals surface area (Å²) in [5.41, 5.74) is 5.25. The molecule has 0 heterocycles. The van der Waals surface area contributed by atoms with Gasteiger partial charge < -0.3 is 10.8 Å². The van der Waals surface area contributed by atoms with Crippen LogP contribution in [-0.2, 0) is 9.59 Å². The summed E-state index contributed by atoms with van der Waals surface area (Å²) in [6, 6.07) is 0. The Labute approximate surface area is 161 Å². The summed E-state index contributed by atoms with van der Waals surface area (Å²) in [4.78, 5) is 21.9. The summed E-state index contributed by atoms with van der Waals surface area (Å²) >= 11 is 0. The topological polar surface area (TPSA) is 80.4 Å². The summed E-state index contributed by atoms with van der Waals surface area (Å²) in [5.74, 6) is -1.92. The van der Waals surface area contributed by atoms with Gasteiger partial charge in [-0.15, -0.1) is 0 Å². The van der Waals surface area contributed by atoms with Crippen LogP contribution in [0.3, 0.4) is 0 Å². The van der Waals surface area contributed by atoms with Gasteiger partial charge in [0, 0.05) is 5.92 Å². The number of unbranched alkanes of at least 4 members (excludes halogenated alkanes) is 15. The zero-order chi connectivity index (χ0) is 19.5. The van der Waals surface area contributed by atoms with E-state index in [2.05, 4.69) is 6.92 Å². The first-order valence-electron chi connectivity index (χ1n) is 11.1. The van der Waals surface area contributed by atoms with Gasteiger partial charge in [-0.3, -0.25) is 9.59 Å². The summed E-state index contributed by atoms with van der Waals surface area (Å²) in [6.07, 6.45) is 21.4. The number of rotatable bonds is 20. The van der Waals surface area contributed by atoms with Crippen LogP contribution in [-0.4, -0.2) is 17.0 Å². The summed E-state index contributed by atoms with van der Waals surface area (Å²) in [5, 5.41) is 8.76. The molecule has 1 atom stereocenters. The predicted octanol–water partition coefficient (Wildman–Crippen LogP) is 6.21. The van der Waals surface area contributed by atoms with Crippen molar-refractivity contribution < 1.29 is 14.7 Å². The maximum Gasteiger partial charge on any atom is 0.304 e. The first-order chi connectivity index (χ1) is 12.6. The second-order valence-corrected chi connectivity index (χ2v) is 7.79. The first-order valence-corrected chi connectivity index (χ1v) is 11.1. The molecule has 4 nitrogen and oxygen atoms in total. The van der Waals surface area contributed by atoms with E-state index in [1.165, 1.54) is 89.9 Å². The molecule has 0 aromatic rings. The number of carbonyl (C=O) groups is 2. The third kappa shape index (κ3) is 17.8. The van der Waals surface area contributed by atoms with E-state index in [1.54, 1.807) is 0 Å². The Morgan fingerprint density at radius 3 is 1.35 bits per heavy atom. The smallest absolute Gasteiger partial charge is 0.304 e. The number of carboxylic acid groups (broad SMARTS) is 1. The zero-order valence-electron chi connectivity index (χ0n) is 17.1. The zero-order valence-corrected chi connectivity index (χ0v) is 17.1. The standard InChI is InChI=1S/C22H43NO3/c1-2-3-4-5-6-7-8-9-10-11-12-13-14-15-16-17-18-20(22(23)26)19-21(24)25/h20H,2-19H2,1H3,(H2,23,26)(H,24,25). The van der Waals surface area contributed by atoms with Crippen LogP contribution in [0.5, 0.6) is 0 Å². The molecule has 0 spiro atoms. The molecule has 26 heavy (non-hydrogen) atoms. The van der Waals surface area contributed by atoms with Crippen molar-refractivity contribution >= 4 is 11.9 Å². The molecule has 1 amide bonds. The van der Waals surface area contributed by atoms with Gasteiger partial charge in [-0.1, -0.05) is 110 Å². The molecule has 0 aliphatic rings. The highest BCUT2D eigenvalue weighted by Crippen LogP contribution is 2.16. The van der Waals surface area contributed by atoms with Gasteiger partial charge in [0.25, 0.3) is 0 Å². The van der Waals surface area contributed by atoms with E-state index >= 15 is 0 Å². The third-order valence-electron chi connectivity index (χ3n) is 5.23. The summed E-state index contributed by atoms with van der Waals surface area (Å²) in [7, 11) is 0. The fourth-order valence-electron chi connectivity index (χ4n) is 3.49. The highest BCUT2D eigenvalue weighted by molar-refractivity contribution is 5.81. The molecule has 0 radical (unpaired) electrons. The SMILES string of the molecule is CCCCCCCCCCCCCCCCCCC(CC(=O)O)C(N)=O. The van der Waals surface area contributed by atoms with Crippen molar-refractivity contribution in [2.75, 3.05) is 0 Å². The number of aliphatic carboxylic acids is 1. The molecule has 0 saturated carbocycles. The fourth-order valence-corrected chi connectivity index (χ4v) is 3.49. The Bertz CT molecular complexity index is 344. The molecular weight excluding hydrogens is 326 g/mol. The van der Waals surface area contributed by atoms with E-state index in [-0.39, 0.29) is 6.42 Å². The molecule has 0 bridgehead atoms. The van der Waals surface area contributed by atoms with Gasteiger partial charge in [0.05, 0.1) is 6.42 Å². The van der Waals surface area contributed by atoms with Gasteiger partial charge in [-0.05, 0) is 6.42 Å². The molecule has 1 unspecified atom stereocenters. The van der Waals surface area contributed by atoms with Crippen molar-refractivity contribution in [3.8, 4) is 0 Å². The molecule has 3 N–H and O–H groups in total. The van der Waals surface area contributed by atoms with E-state index in [1.807, 2.05) is 0 Å². The Morgan fingerprint density at radius 2 is 1.04 bits per heavy atom. The van der Waals surface area contributed by atoms with Crippen molar-refractivity contribution in [3.05, 3.63) is 0 Å². The Hall–Kier alpha value is -1.06. The highest BCUT2D eigenvalue weighted by Gasteiger charge is 2.18. The number of hydrogen-bond donors (Lipinski definition) is 2. The molecule has 4 heteroatoms. The predicted molar refractivity (Wildman–Crippen MR) is 109 cm³/mol. The highest BCUT2D eigenvalue weighted by atomic mass is 16.4. The fraction of sp³-hybridized carbons (Fsp3) is 0.909. The van der Waals surface area contributed by atoms with E-state index in [0.717, 1.165) is 12.8 Å². The lowest BCUT2D eigenvalue weighted by atomic mass is 9.96. The molecule has 0 aliphatic carbocycles. The van der Waals surface area contributed by atoms with Gasteiger partial charge in [-0.2, -0.15) is 0 Å². The van der Waals surface area contributed by atoms with Crippen LogP contribution in [0, 0.1) is 5.92 Å². The van der Waals surface area contributed by atoms with Gasteiger partial charge in [0.1, 0.15) is 0 Å². The second-order valence-electron chi connectivity index (χ2n) is 7.79. The van der Waals surface area contributed by atoms with Crippen molar-refractivity contribution in [1.82, 2.24) is 0 Å². The second kappa shape index (κ2) is 18.7. The number of nitrogens with two attached hydrogens (primary N) is 1.